The lowest BCUT2D eigenvalue weighted by Crippen LogP contribution is -2.35. The summed E-state index contributed by atoms with van der Waals surface area (Å²) in [6.07, 6.45) is 5.46. The van der Waals surface area contributed by atoms with Crippen LogP contribution in [-0.2, 0) is 0 Å². The normalized spacial score (nSPS) is 17.6. The minimum Gasteiger partial charge on any atom is -0.310 e. The van der Waals surface area contributed by atoms with Crippen LogP contribution < -0.4 is 5.32 Å². The molecule has 20 heavy (non-hydrogen) atoms. The lowest BCUT2D eigenvalue weighted by Gasteiger charge is -2.29. The zero-order valence-corrected chi connectivity index (χ0v) is 11.2. The van der Waals surface area contributed by atoms with Crippen LogP contribution in [0.4, 0.5) is 0 Å². The van der Waals surface area contributed by atoms with Gasteiger partial charge in [0.25, 0.3) is 0 Å². The van der Waals surface area contributed by atoms with Crippen LogP contribution in [0.2, 0.25) is 0 Å². The molecule has 3 rings (SSSR count). The Labute approximate surface area is 119 Å². The summed E-state index contributed by atoms with van der Waals surface area (Å²) in [6.45, 7) is 1.11. The molecule has 0 spiro atoms. The van der Waals surface area contributed by atoms with Crippen LogP contribution in [0.5, 0.6) is 0 Å². The molecule has 1 heterocycles. The second-order valence-corrected chi connectivity index (χ2v) is 4.99. The van der Waals surface area contributed by atoms with E-state index in [4.69, 9.17) is 5.26 Å². The summed E-state index contributed by atoms with van der Waals surface area (Å²) >= 11 is 0. The first-order valence-electron chi connectivity index (χ1n) is 6.87. The van der Waals surface area contributed by atoms with E-state index in [9.17, 15) is 0 Å². The molecule has 1 saturated heterocycles. The van der Waals surface area contributed by atoms with Crippen molar-refractivity contribution in [1.29, 1.82) is 5.26 Å². The molecule has 2 heteroatoms. The lowest BCUT2D eigenvalue weighted by atomic mass is 9.93. The highest BCUT2D eigenvalue weighted by atomic mass is 15.0. The summed E-state index contributed by atoms with van der Waals surface area (Å²) in [5.41, 5.74) is 4.43. The van der Waals surface area contributed by atoms with Crippen LogP contribution in [0.15, 0.2) is 48.5 Å². The summed E-state index contributed by atoms with van der Waals surface area (Å²) in [5.74, 6) is 0. The maximum absolute atomic E-state index is 8.79. The Morgan fingerprint density at radius 1 is 1.05 bits per heavy atom. The molecule has 1 aliphatic heterocycles. The fourth-order valence-corrected chi connectivity index (χ4v) is 2.39. The molecule has 2 nitrogen and oxygen atoms in total. The number of hydrogen-bond donors (Lipinski definition) is 1. The fourth-order valence-electron chi connectivity index (χ4n) is 2.39. The zero-order valence-electron chi connectivity index (χ0n) is 11.2. The van der Waals surface area contributed by atoms with Crippen LogP contribution >= 0.6 is 0 Å². The predicted octanol–water partition coefficient (Wildman–Crippen LogP) is 3.76. The highest BCUT2D eigenvalue weighted by molar-refractivity contribution is 5.71. The molecule has 1 aliphatic rings. The number of nitrogens with zero attached hydrogens (tertiary/aromatic N) is 1. The molecule has 2 aromatic rings. The number of rotatable bonds is 3. The summed E-state index contributed by atoms with van der Waals surface area (Å²) < 4.78 is 0. The molecule has 1 atom stereocenters. The van der Waals surface area contributed by atoms with Crippen LogP contribution in [0.3, 0.4) is 0 Å². The van der Waals surface area contributed by atoms with Crippen molar-refractivity contribution in [2.75, 3.05) is 6.54 Å². The van der Waals surface area contributed by atoms with Crippen LogP contribution in [0, 0.1) is 11.3 Å². The third-order valence-corrected chi connectivity index (χ3v) is 3.69. The van der Waals surface area contributed by atoms with Gasteiger partial charge in [0.15, 0.2) is 0 Å². The molecule has 0 bridgehead atoms. The van der Waals surface area contributed by atoms with Gasteiger partial charge in [-0.3, -0.25) is 0 Å². The van der Waals surface area contributed by atoms with Gasteiger partial charge < -0.3 is 5.32 Å². The largest absolute Gasteiger partial charge is 0.310 e. The standard InChI is InChI=1S/C18H16N2/c19-13-15-7-5-14(6-8-15)9-10-16-3-1-2-4-17(16)18-11-12-20-18/h1-10,18,20H,11-12H2. The van der Waals surface area contributed by atoms with E-state index >= 15 is 0 Å². The van der Waals surface area contributed by atoms with E-state index in [0.29, 0.717) is 11.6 Å². The average molecular weight is 260 g/mol. The zero-order chi connectivity index (χ0) is 13.8. The Morgan fingerprint density at radius 2 is 1.80 bits per heavy atom. The average Bonchev–Trinajstić information content (AvgIpc) is 2.45. The molecule has 0 radical (unpaired) electrons. The van der Waals surface area contributed by atoms with E-state index in [0.717, 1.165) is 12.1 Å². The van der Waals surface area contributed by atoms with Gasteiger partial charge in [-0.25, -0.2) is 0 Å². The van der Waals surface area contributed by atoms with Gasteiger partial charge in [0, 0.05) is 6.04 Å². The molecule has 1 N–H and O–H groups in total. The minimum atomic E-state index is 0.497. The molecule has 0 saturated carbocycles. The van der Waals surface area contributed by atoms with Gasteiger partial charge in [0.05, 0.1) is 11.6 Å². The summed E-state index contributed by atoms with van der Waals surface area (Å²) in [6, 6.07) is 18.8. The van der Waals surface area contributed by atoms with E-state index in [1.807, 2.05) is 24.3 Å². The summed E-state index contributed by atoms with van der Waals surface area (Å²) in [4.78, 5) is 0. The number of nitriles is 1. The Bertz CT molecular complexity index is 659. The first-order chi connectivity index (χ1) is 9.86. The molecule has 1 unspecified atom stereocenters. The van der Waals surface area contributed by atoms with Gasteiger partial charge in [-0.1, -0.05) is 48.6 Å². The Morgan fingerprint density at radius 3 is 2.45 bits per heavy atom. The molecule has 98 valence electrons. The fraction of sp³-hybridized carbons (Fsp3) is 0.167. The van der Waals surface area contributed by atoms with Crippen LogP contribution in [-0.4, -0.2) is 6.54 Å². The number of benzene rings is 2. The van der Waals surface area contributed by atoms with Crippen molar-refractivity contribution in [3.63, 3.8) is 0 Å². The Kier molecular flexibility index (Phi) is 3.62. The van der Waals surface area contributed by atoms with Gasteiger partial charge >= 0.3 is 0 Å². The highest BCUT2D eigenvalue weighted by Gasteiger charge is 2.19. The van der Waals surface area contributed by atoms with Gasteiger partial charge in [-0.2, -0.15) is 5.26 Å². The minimum absolute atomic E-state index is 0.497. The molecular formula is C18H16N2. The topological polar surface area (TPSA) is 35.8 Å². The molecule has 0 aliphatic carbocycles. The molecule has 0 aromatic heterocycles. The van der Waals surface area contributed by atoms with Crippen molar-refractivity contribution < 1.29 is 0 Å². The molecule has 2 aromatic carbocycles. The summed E-state index contributed by atoms with van der Waals surface area (Å²) in [5, 5.41) is 12.2. The quantitative estimate of drug-likeness (QED) is 0.853. The third-order valence-electron chi connectivity index (χ3n) is 3.69. The molecule has 1 fully saturated rings. The Hall–Kier alpha value is -2.37. The van der Waals surface area contributed by atoms with Gasteiger partial charge in [0.1, 0.15) is 0 Å². The van der Waals surface area contributed by atoms with Crippen molar-refractivity contribution in [1.82, 2.24) is 5.32 Å². The van der Waals surface area contributed by atoms with Crippen molar-refractivity contribution in [3.05, 3.63) is 70.8 Å². The summed E-state index contributed by atoms with van der Waals surface area (Å²) in [7, 11) is 0. The first kappa shape index (κ1) is 12.7. The highest BCUT2D eigenvalue weighted by Crippen LogP contribution is 2.27. The monoisotopic (exact) mass is 260 g/mol. The first-order valence-corrected chi connectivity index (χ1v) is 6.87. The van der Waals surface area contributed by atoms with Gasteiger partial charge in [-0.05, 0) is 41.8 Å². The van der Waals surface area contributed by atoms with E-state index in [1.165, 1.54) is 17.5 Å². The Balaban J connectivity index is 1.83. The van der Waals surface area contributed by atoms with E-state index < -0.39 is 0 Å². The van der Waals surface area contributed by atoms with Crippen molar-refractivity contribution >= 4 is 12.2 Å². The van der Waals surface area contributed by atoms with Gasteiger partial charge in [0.2, 0.25) is 0 Å². The SMILES string of the molecule is N#Cc1ccc(C=Cc2ccccc2C2CCN2)cc1. The lowest BCUT2D eigenvalue weighted by molar-refractivity contribution is 0.383. The van der Waals surface area contributed by atoms with E-state index in [-0.39, 0.29) is 0 Å². The predicted molar refractivity (Wildman–Crippen MR) is 81.9 cm³/mol. The van der Waals surface area contributed by atoms with Gasteiger partial charge in [-0.15, -0.1) is 0 Å². The maximum Gasteiger partial charge on any atom is 0.0991 e. The maximum atomic E-state index is 8.79. The second-order valence-electron chi connectivity index (χ2n) is 4.99. The van der Waals surface area contributed by atoms with Crippen LogP contribution in [0.1, 0.15) is 34.7 Å². The van der Waals surface area contributed by atoms with Crippen molar-refractivity contribution in [2.24, 2.45) is 0 Å². The van der Waals surface area contributed by atoms with Crippen molar-refractivity contribution in [2.45, 2.75) is 12.5 Å². The van der Waals surface area contributed by atoms with Crippen LogP contribution in [0.25, 0.3) is 12.2 Å². The third kappa shape index (κ3) is 2.64. The molecular weight excluding hydrogens is 244 g/mol. The smallest absolute Gasteiger partial charge is 0.0991 e. The van der Waals surface area contributed by atoms with E-state index in [1.54, 1.807) is 0 Å². The van der Waals surface area contributed by atoms with Crippen molar-refractivity contribution in [3.8, 4) is 6.07 Å². The number of hydrogen-bond acceptors (Lipinski definition) is 2. The number of nitrogens with one attached hydrogen (secondary N) is 1. The molecule has 0 amide bonds. The second kappa shape index (κ2) is 5.73. The van der Waals surface area contributed by atoms with E-state index in [2.05, 4.69) is 47.8 Å².